The third-order valence-electron chi connectivity index (χ3n) is 15.1. The van der Waals surface area contributed by atoms with Crippen LogP contribution in [0.2, 0.25) is 0 Å². The molecule has 4 rings (SSSR count). The highest BCUT2D eigenvalue weighted by atomic mass is 16.6. The molecule has 0 aromatic rings. The quantitative estimate of drug-likeness (QED) is 0.138. The minimum absolute atomic E-state index is 0.0554. The van der Waals surface area contributed by atoms with Gasteiger partial charge in [0.25, 0.3) is 11.7 Å². The number of ether oxygens (including phenoxy) is 5. The fraction of sp³-hybridized carbons (Fsp3) is 0.769. The second kappa shape index (κ2) is 25.4. The first-order valence-electron chi connectivity index (χ1n) is 24.4. The Morgan fingerprint density at radius 1 is 0.831 bits per heavy atom. The van der Waals surface area contributed by atoms with Crippen LogP contribution in [0.1, 0.15) is 132 Å². The molecule has 2 bridgehead atoms. The molecule has 0 spiro atoms. The van der Waals surface area contributed by atoms with Crippen LogP contribution in [-0.2, 0) is 42.9 Å². The number of nitrogens with zero attached hydrogens (tertiary/aromatic N) is 1. The number of fused-ring (bicyclic) bond motifs is 3. The monoisotopic (exact) mass is 914 g/mol. The maximum Gasteiger partial charge on any atom is 0.329 e. The van der Waals surface area contributed by atoms with E-state index in [1.165, 1.54) is 12.0 Å². The molecule has 0 radical (unpaired) electrons. The molecule has 1 amide bonds. The van der Waals surface area contributed by atoms with Gasteiger partial charge in [-0.15, -0.1) is 0 Å². The lowest BCUT2D eigenvalue weighted by molar-refractivity contribution is -0.265. The maximum atomic E-state index is 14.5. The molecule has 0 aromatic heterocycles. The van der Waals surface area contributed by atoms with E-state index in [1.807, 2.05) is 64.2 Å². The van der Waals surface area contributed by atoms with Gasteiger partial charge in [0.15, 0.2) is 5.78 Å². The van der Waals surface area contributed by atoms with Crippen LogP contribution in [0.5, 0.6) is 0 Å². The number of carbonyl (C=O) groups excluding carboxylic acids is 4. The van der Waals surface area contributed by atoms with Crippen LogP contribution in [0, 0.1) is 41.4 Å². The third kappa shape index (κ3) is 14.5. The Balaban J connectivity index is 1.70. The van der Waals surface area contributed by atoms with Crippen LogP contribution in [-0.4, -0.2) is 126 Å². The molecule has 368 valence electrons. The number of methoxy groups -OCH3 is 3. The summed E-state index contributed by atoms with van der Waals surface area (Å²) in [6.07, 6.45) is 13.8. The van der Waals surface area contributed by atoms with Crippen molar-refractivity contribution in [3.8, 4) is 0 Å². The van der Waals surface area contributed by atoms with Crippen LogP contribution < -0.4 is 0 Å². The summed E-state index contributed by atoms with van der Waals surface area (Å²) in [5, 5.41) is 34.0. The summed E-state index contributed by atoms with van der Waals surface area (Å²) in [5.41, 5.74) is 1.51. The summed E-state index contributed by atoms with van der Waals surface area (Å²) in [7, 11) is 4.65. The Labute approximate surface area is 389 Å². The summed E-state index contributed by atoms with van der Waals surface area (Å²) < 4.78 is 29.8. The van der Waals surface area contributed by atoms with Crippen molar-refractivity contribution in [1.82, 2.24) is 4.90 Å². The van der Waals surface area contributed by atoms with Crippen molar-refractivity contribution >= 4 is 23.4 Å². The Hall–Kier alpha value is -3.04. The molecule has 4 aliphatic rings. The molecule has 1 saturated carbocycles. The van der Waals surface area contributed by atoms with E-state index in [0.29, 0.717) is 76.2 Å². The largest absolute Gasteiger partial charge is 0.461 e. The van der Waals surface area contributed by atoms with Gasteiger partial charge in [0.05, 0.1) is 24.4 Å². The van der Waals surface area contributed by atoms with Gasteiger partial charge in [-0.3, -0.25) is 14.4 Å². The standard InChI is InChI=1S/C52H83NO12/c1-31-17-13-12-14-18-32(2)43(61-9)30-40-22-20-38(8)52(60,65-40)49(57)50(58)53-24-16-15-19-41(53)51(59)64-44(35(5)27-39-21-23-42(54)45(29-39)62-10)28-34(4)33(3)26-37(7)47(56)48(63-11)46(55)36(6)25-31/h12-14,17-18,26,31,33-36,38-45,47-48,54,56,60H,15-16,19-25,27-30H2,1-11H3/b14-12+,17-13+,32-18+,37-26+/t31-,33-,34?,35-,36-,38-,39+,40+,41+,42-,43+,44?,45-,47-,48+,52-/m1/s1. The van der Waals surface area contributed by atoms with Gasteiger partial charge in [0, 0.05) is 46.1 Å². The molecule has 3 fully saturated rings. The summed E-state index contributed by atoms with van der Waals surface area (Å²) >= 11 is 0. The molecule has 2 saturated heterocycles. The topological polar surface area (TPSA) is 178 Å². The van der Waals surface area contributed by atoms with Crippen molar-refractivity contribution in [1.29, 1.82) is 0 Å². The fourth-order valence-corrected chi connectivity index (χ4v) is 10.4. The van der Waals surface area contributed by atoms with E-state index in [-0.39, 0.29) is 53.9 Å². The minimum Gasteiger partial charge on any atom is -0.461 e. The molecule has 13 heteroatoms. The van der Waals surface area contributed by atoms with Crippen LogP contribution in [0.4, 0.5) is 0 Å². The molecule has 3 aliphatic heterocycles. The number of rotatable bonds is 6. The van der Waals surface area contributed by atoms with Crippen molar-refractivity contribution in [3.63, 3.8) is 0 Å². The zero-order valence-electron chi connectivity index (χ0n) is 41.3. The number of piperidine rings is 1. The van der Waals surface area contributed by atoms with Crippen LogP contribution >= 0.6 is 0 Å². The van der Waals surface area contributed by atoms with Gasteiger partial charge in [-0.05, 0) is 125 Å². The molecular formula is C52H83NO12. The van der Waals surface area contributed by atoms with Crippen molar-refractivity contribution in [3.05, 3.63) is 47.6 Å². The van der Waals surface area contributed by atoms with E-state index in [2.05, 4.69) is 13.8 Å². The van der Waals surface area contributed by atoms with E-state index in [4.69, 9.17) is 23.7 Å². The zero-order valence-corrected chi connectivity index (χ0v) is 41.3. The Kier molecular flexibility index (Phi) is 21.3. The molecule has 3 N–H and O–H groups in total. The molecule has 16 atom stereocenters. The highest BCUT2D eigenvalue weighted by Gasteiger charge is 2.53. The average molecular weight is 914 g/mol. The van der Waals surface area contributed by atoms with Crippen molar-refractivity contribution in [2.24, 2.45) is 41.4 Å². The van der Waals surface area contributed by atoms with E-state index >= 15 is 0 Å². The molecular weight excluding hydrogens is 831 g/mol. The van der Waals surface area contributed by atoms with Crippen molar-refractivity contribution in [2.45, 2.75) is 187 Å². The number of cyclic esters (lactones) is 1. The normalized spacial score (nSPS) is 41.5. The van der Waals surface area contributed by atoms with Gasteiger partial charge in [-0.2, -0.15) is 0 Å². The highest BCUT2D eigenvalue weighted by molar-refractivity contribution is 6.39. The molecule has 65 heavy (non-hydrogen) atoms. The zero-order chi connectivity index (χ0) is 48.2. The summed E-state index contributed by atoms with van der Waals surface area (Å²) in [6.45, 7) is 15.7. The van der Waals surface area contributed by atoms with Crippen molar-refractivity contribution in [2.75, 3.05) is 27.9 Å². The van der Waals surface area contributed by atoms with E-state index in [0.717, 1.165) is 12.0 Å². The molecule has 13 nitrogen and oxygen atoms in total. The van der Waals surface area contributed by atoms with Crippen LogP contribution in [0.15, 0.2) is 47.6 Å². The summed E-state index contributed by atoms with van der Waals surface area (Å²) in [4.78, 5) is 58.0. The van der Waals surface area contributed by atoms with Crippen molar-refractivity contribution < 1.29 is 58.2 Å². The Morgan fingerprint density at radius 2 is 1.55 bits per heavy atom. The lowest BCUT2D eigenvalue weighted by Gasteiger charge is -2.43. The van der Waals surface area contributed by atoms with E-state index < -0.39 is 72.0 Å². The number of hydrogen-bond donors (Lipinski definition) is 3. The van der Waals surface area contributed by atoms with E-state index in [9.17, 15) is 34.5 Å². The number of aliphatic hydroxyl groups is 3. The van der Waals surface area contributed by atoms with Gasteiger partial charge >= 0.3 is 5.97 Å². The average Bonchev–Trinajstić information content (AvgIpc) is 3.28. The smallest absolute Gasteiger partial charge is 0.329 e. The first-order valence-corrected chi connectivity index (χ1v) is 24.4. The van der Waals surface area contributed by atoms with Gasteiger partial charge in [-0.25, -0.2) is 4.79 Å². The van der Waals surface area contributed by atoms with Crippen LogP contribution in [0.25, 0.3) is 0 Å². The Morgan fingerprint density at radius 3 is 2.23 bits per heavy atom. The summed E-state index contributed by atoms with van der Waals surface area (Å²) in [5.74, 6) is -6.22. The van der Waals surface area contributed by atoms with Crippen LogP contribution in [0.3, 0.4) is 0 Å². The predicted molar refractivity (Wildman–Crippen MR) is 249 cm³/mol. The maximum absolute atomic E-state index is 14.5. The van der Waals surface area contributed by atoms with Gasteiger partial charge < -0.3 is 43.9 Å². The molecule has 3 heterocycles. The number of Topliss-reactive ketones (excluding diaryl/α,β-unsaturated/α-hetero) is 2. The second-order valence-electron chi connectivity index (χ2n) is 20.2. The lowest BCUT2D eigenvalue weighted by atomic mass is 9.77. The molecule has 0 aromatic carbocycles. The second-order valence-corrected chi connectivity index (χ2v) is 20.2. The SMILES string of the molecule is CO[C@H]1C[C@@H]2CC[C@@H](C)[C@@](O)(O2)C(=O)C(=O)N2CCCC[C@H]2C(=O)OC([C@H](C)C[C@@H]2CC[C@@H](O)[C@H](OC)C2)CC(C)[C@H](C)/C=C(\C)[C@@H](O)[C@@H](OC)C(=O)[C@H](C)C[C@H](C)/C=C/C=C/C=C/1C. The Bertz CT molecular complexity index is 1710. The number of aliphatic hydroxyl groups excluding tert-OH is 2. The summed E-state index contributed by atoms with van der Waals surface area (Å²) in [6, 6.07) is -1.03. The minimum atomic E-state index is -2.38. The number of carbonyl (C=O) groups is 4. The number of hydrogen-bond acceptors (Lipinski definition) is 12. The number of amides is 1. The predicted octanol–water partition coefficient (Wildman–Crippen LogP) is 7.25. The number of allylic oxidation sites excluding steroid dienone is 6. The lowest BCUT2D eigenvalue weighted by Crippen LogP contribution is -2.61. The first kappa shape index (κ1) is 54.6. The van der Waals surface area contributed by atoms with E-state index in [1.54, 1.807) is 28.1 Å². The first-order chi connectivity index (χ1) is 30.7. The van der Waals surface area contributed by atoms with Gasteiger partial charge in [0.1, 0.15) is 24.4 Å². The highest BCUT2D eigenvalue weighted by Crippen LogP contribution is 2.38. The van der Waals surface area contributed by atoms with Gasteiger partial charge in [-0.1, -0.05) is 78.0 Å². The molecule has 2 unspecified atom stereocenters. The number of esters is 1. The number of ketones is 2. The van der Waals surface area contributed by atoms with Gasteiger partial charge in [0.2, 0.25) is 5.79 Å². The fourth-order valence-electron chi connectivity index (χ4n) is 10.4. The molecule has 1 aliphatic carbocycles. The third-order valence-corrected chi connectivity index (χ3v) is 15.1.